The zero-order valence-electron chi connectivity index (χ0n) is 10.8. The Morgan fingerprint density at radius 2 is 1.75 bits per heavy atom. The highest BCUT2D eigenvalue weighted by atomic mass is 79.9. The second-order valence-electron chi connectivity index (χ2n) is 4.57. The first-order valence-corrected chi connectivity index (χ1v) is 8.51. The molecule has 0 amide bonds. The molecular weight excluding hydrogens is 450 g/mol. The van der Waals surface area contributed by atoms with Gasteiger partial charge in [-0.2, -0.15) is 0 Å². The normalized spacial score (nSPS) is 12.4. The minimum absolute atomic E-state index is 0.230. The summed E-state index contributed by atoms with van der Waals surface area (Å²) in [7, 11) is 0. The van der Waals surface area contributed by atoms with Crippen molar-refractivity contribution in [2.24, 2.45) is 0 Å². The van der Waals surface area contributed by atoms with Gasteiger partial charge in [0.1, 0.15) is 5.75 Å². The van der Waals surface area contributed by atoms with Crippen LogP contribution in [0.5, 0.6) is 5.75 Å². The molecule has 0 fully saturated rings. The number of hydrogen-bond acceptors (Lipinski definition) is 2. The Bertz CT molecular complexity index is 593. The Morgan fingerprint density at radius 3 is 2.35 bits per heavy atom. The third-order valence-corrected chi connectivity index (χ3v) is 4.74. The summed E-state index contributed by atoms with van der Waals surface area (Å²) in [6.07, 6.45) is 0. The fourth-order valence-corrected chi connectivity index (χ4v) is 3.58. The van der Waals surface area contributed by atoms with Crippen LogP contribution in [0.1, 0.15) is 24.1 Å². The SMILES string of the molecule is C[C@@H](NCc1cc(Br)c(O)c(Br)c1)c1cccc(Br)c1. The van der Waals surface area contributed by atoms with Gasteiger partial charge in [0.05, 0.1) is 8.95 Å². The first-order chi connectivity index (χ1) is 9.47. The van der Waals surface area contributed by atoms with Gasteiger partial charge in [0.15, 0.2) is 0 Å². The highest BCUT2D eigenvalue weighted by Gasteiger charge is 2.08. The molecule has 5 heteroatoms. The van der Waals surface area contributed by atoms with E-state index in [4.69, 9.17) is 0 Å². The van der Waals surface area contributed by atoms with Crippen molar-refractivity contribution in [3.05, 3.63) is 60.9 Å². The van der Waals surface area contributed by atoms with Crippen molar-refractivity contribution in [3.8, 4) is 5.75 Å². The maximum atomic E-state index is 9.70. The number of benzene rings is 2. The molecule has 0 bridgehead atoms. The molecule has 0 heterocycles. The standard InChI is InChI=1S/C15H14Br3NO/c1-9(11-3-2-4-12(16)7-11)19-8-10-5-13(17)15(20)14(18)6-10/h2-7,9,19-20H,8H2,1H3/t9-/m1/s1. The molecule has 2 aromatic carbocycles. The van der Waals surface area contributed by atoms with Crippen LogP contribution in [0.25, 0.3) is 0 Å². The summed E-state index contributed by atoms with van der Waals surface area (Å²) in [4.78, 5) is 0. The summed E-state index contributed by atoms with van der Waals surface area (Å²) in [5.74, 6) is 0.230. The number of nitrogens with one attached hydrogen (secondary N) is 1. The molecule has 2 rings (SSSR count). The van der Waals surface area contributed by atoms with Gasteiger partial charge in [-0.15, -0.1) is 0 Å². The molecular formula is C15H14Br3NO. The molecule has 2 aromatic rings. The summed E-state index contributed by atoms with van der Waals surface area (Å²) in [5, 5.41) is 13.2. The number of phenols is 1. The Morgan fingerprint density at radius 1 is 1.10 bits per heavy atom. The van der Waals surface area contributed by atoms with Crippen LogP contribution < -0.4 is 5.32 Å². The average molecular weight is 464 g/mol. The average Bonchev–Trinajstić information content (AvgIpc) is 2.42. The maximum Gasteiger partial charge on any atom is 0.143 e. The maximum absolute atomic E-state index is 9.70. The predicted molar refractivity (Wildman–Crippen MR) is 92.9 cm³/mol. The van der Waals surface area contributed by atoms with Gasteiger partial charge in [0.25, 0.3) is 0 Å². The monoisotopic (exact) mass is 461 g/mol. The van der Waals surface area contributed by atoms with Crippen LogP contribution in [0.4, 0.5) is 0 Å². The van der Waals surface area contributed by atoms with Crippen molar-refractivity contribution in [2.75, 3.05) is 0 Å². The lowest BCUT2D eigenvalue weighted by atomic mass is 10.1. The van der Waals surface area contributed by atoms with Crippen molar-refractivity contribution in [1.29, 1.82) is 0 Å². The van der Waals surface area contributed by atoms with Crippen LogP contribution >= 0.6 is 47.8 Å². The van der Waals surface area contributed by atoms with Gasteiger partial charge in [0, 0.05) is 17.1 Å². The molecule has 0 saturated heterocycles. The summed E-state index contributed by atoms with van der Waals surface area (Å²) in [5.41, 5.74) is 2.33. The van der Waals surface area contributed by atoms with E-state index in [1.54, 1.807) is 0 Å². The molecule has 2 N–H and O–H groups in total. The van der Waals surface area contributed by atoms with E-state index >= 15 is 0 Å². The quantitative estimate of drug-likeness (QED) is 0.624. The topological polar surface area (TPSA) is 32.3 Å². The Balaban J connectivity index is 2.05. The Kier molecular flexibility index (Phi) is 5.66. The summed E-state index contributed by atoms with van der Waals surface area (Å²) < 4.78 is 2.47. The van der Waals surface area contributed by atoms with Gasteiger partial charge >= 0.3 is 0 Å². The molecule has 2 nitrogen and oxygen atoms in total. The number of halogens is 3. The second kappa shape index (κ2) is 7.07. The summed E-state index contributed by atoms with van der Waals surface area (Å²) >= 11 is 10.2. The van der Waals surface area contributed by atoms with Crippen molar-refractivity contribution < 1.29 is 5.11 Å². The van der Waals surface area contributed by atoms with Gasteiger partial charge in [0.2, 0.25) is 0 Å². The van der Waals surface area contributed by atoms with Gasteiger partial charge in [-0.3, -0.25) is 0 Å². The van der Waals surface area contributed by atoms with Crippen molar-refractivity contribution in [3.63, 3.8) is 0 Å². The fourth-order valence-electron chi connectivity index (χ4n) is 1.88. The smallest absolute Gasteiger partial charge is 0.143 e. The van der Waals surface area contributed by atoms with Gasteiger partial charge in [-0.25, -0.2) is 0 Å². The van der Waals surface area contributed by atoms with Gasteiger partial charge in [-0.1, -0.05) is 28.1 Å². The second-order valence-corrected chi connectivity index (χ2v) is 7.19. The predicted octanol–water partition coefficient (Wildman–Crippen LogP) is 5.53. The lowest BCUT2D eigenvalue weighted by Gasteiger charge is -2.15. The molecule has 0 spiro atoms. The molecule has 0 saturated carbocycles. The van der Waals surface area contributed by atoms with Crippen LogP contribution in [0.2, 0.25) is 0 Å². The zero-order valence-corrected chi connectivity index (χ0v) is 15.6. The number of hydrogen-bond donors (Lipinski definition) is 2. The Labute approximate surface area is 144 Å². The largest absolute Gasteiger partial charge is 0.506 e. The molecule has 0 aromatic heterocycles. The van der Waals surface area contributed by atoms with E-state index < -0.39 is 0 Å². The van der Waals surface area contributed by atoms with E-state index in [0.717, 1.165) is 16.6 Å². The molecule has 0 unspecified atom stereocenters. The third kappa shape index (κ3) is 4.07. The van der Waals surface area contributed by atoms with E-state index in [0.29, 0.717) is 8.95 Å². The highest BCUT2D eigenvalue weighted by Crippen LogP contribution is 2.33. The minimum atomic E-state index is 0.230. The summed E-state index contributed by atoms with van der Waals surface area (Å²) in [6, 6.07) is 12.3. The van der Waals surface area contributed by atoms with E-state index in [-0.39, 0.29) is 11.8 Å². The zero-order chi connectivity index (χ0) is 14.7. The van der Waals surface area contributed by atoms with Crippen LogP contribution in [0.15, 0.2) is 49.8 Å². The van der Waals surface area contributed by atoms with Crippen molar-refractivity contribution in [2.45, 2.75) is 19.5 Å². The van der Waals surface area contributed by atoms with Crippen LogP contribution in [0.3, 0.4) is 0 Å². The van der Waals surface area contributed by atoms with E-state index in [1.807, 2.05) is 24.3 Å². The van der Waals surface area contributed by atoms with Gasteiger partial charge < -0.3 is 10.4 Å². The minimum Gasteiger partial charge on any atom is -0.506 e. The van der Waals surface area contributed by atoms with Crippen molar-refractivity contribution >= 4 is 47.8 Å². The number of rotatable bonds is 4. The van der Waals surface area contributed by atoms with Crippen molar-refractivity contribution in [1.82, 2.24) is 5.32 Å². The lowest BCUT2D eigenvalue weighted by Crippen LogP contribution is -2.18. The van der Waals surface area contributed by atoms with E-state index in [1.165, 1.54) is 5.56 Å². The molecule has 0 aliphatic rings. The Hall–Kier alpha value is -0.360. The molecule has 106 valence electrons. The van der Waals surface area contributed by atoms with E-state index in [9.17, 15) is 5.11 Å². The molecule has 20 heavy (non-hydrogen) atoms. The fraction of sp³-hybridized carbons (Fsp3) is 0.200. The highest BCUT2D eigenvalue weighted by molar-refractivity contribution is 9.11. The molecule has 0 aliphatic carbocycles. The number of aromatic hydroxyl groups is 1. The van der Waals surface area contributed by atoms with Crippen LogP contribution in [-0.2, 0) is 6.54 Å². The van der Waals surface area contributed by atoms with Gasteiger partial charge in [-0.05, 0) is 74.2 Å². The first-order valence-electron chi connectivity index (χ1n) is 6.13. The van der Waals surface area contributed by atoms with Crippen LogP contribution in [0, 0.1) is 0 Å². The lowest BCUT2D eigenvalue weighted by molar-refractivity contribution is 0.467. The third-order valence-electron chi connectivity index (χ3n) is 3.04. The van der Waals surface area contributed by atoms with E-state index in [2.05, 4.69) is 72.2 Å². The number of phenolic OH excluding ortho intramolecular Hbond substituents is 1. The van der Waals surface area contributed by atoms with Crippen LogP contribution in [-0.4, -0.2) is 5.11 Å². The first kappa shape index (κ1) is 16.0. The molecule has 1 atom stereocenters. The summed E-state index contributed by atoms with van der Waals surface area (Å²) in [6.45, 7) is 2.86. The molecule has 0 aliphatic heterocycles. The molecule has 0 radical (unpaired) electrons.